The van der Waals surface area contributed by atoms with Crippen LogP contribution in [0.1, 0.15) is 5.56 Å². The molecule has 2 N–H and O–H groups in total. The fraction of sp³-hybridized carbons (Fsp3) is 0.400. The van der Waals surface area contributed by atoms with E-state index in [1.54, 1.807) is 22.6 Å². The quantitative estimate of drug-likeness (QED) is 0.329. The number of nitro benzene ring substituents is 1. The minimum Gasteiger partial charge on any atom is -0.390 e. The van der Waals surface area contributed by atoms with Gasteiger partial charge in [-0.05, 0) is 22.6 Å². The molecule has 0 aromatic heterocycles. The normalized spacial score (nSPS) is 13.1. The molecule has 10 heteroatoms. The van der Waals surface area contributed by atoms with Gasteiger partial charge < -0.3 is 10.4 Å². The summed E-state index contributed by atoms with van der Waals surface area (Å²) in [7, 11) is 0. The van der Waals surface area contributed by atoms with Crippen molar-refractivity contribution < 1.29 is 23.2 Å². The Bertz CT molecular complexity index is 513. The van der Waals surface area contributed by atoms with Gasteiger partial charge in [-0.25, -0.2) is 0 Å². The van der Waals surface area contributed by atoms with Gasteiger partial charge in [0.05, 0.1) is 28.2 Å². The lowest BCUT2D eigenvalue weighted by Gasteiger charge is -2.17. The van der Waals surface area contributed by atoms with Crippen LogP contribution in [0.3, 0.4) is 0 Å². The third-order valence-corrected chi connectivity index (χ3v) is 3.49. The summed E-state index contributed by atoms with van der Waals surface area (Å²) in [6.07, 6.45) is -5.77. The Labute approximate surface area is 130 Å². The summed E-state index contributed by atoms with van der Waals surface area (Å²) in [5, 5.41) is 22.3. The van der Waals surface area contributed by atoms with Crippen LogP contribution in [0.2, 0.25) is 0 Å². The number of non-ortho nitro benzene ring substituents is 1. The maximum Gasteiger partial charge on any atom is 0.418 e. The molecule has 112 valence electrons. The molecule has 0 bridgehead atoms. The molecule has 1 rings (SSSR count). The Hall–Kier alpha value is -0.810. The second-order valence-electron chi connectivity index (χ2n) is 3.79. The number of anilines is 1. The Kier molecular flexibility index (Phi) is 5.83. The summed E-state index contributed by atoms with van der Waals surface area (Å²) in [4.78, 5) is 9.72. The molecule has 0 heterocycles. The number of nitrogens with one attached hydrogen (secondary N) is 1. The number of halogens is 5. The smallest absolute Gasteiger partial charge is 0.390 e. The van der Waals surface area contributed by atoms with E-state index in [-0.39, 0.29) is 21.7 Å². The van der Waals surface area contributed by atoms with E-state index in [1.165, 1.54) is 0 Å². The minimum absolute atomic E-state index is 0.0332. The molecule has 1 aromatic carbocycles. The lowest BCUT2D eigenvalue weighted by atomic mass is 10.1. The molecule has 20 heavy (non-hydrogen) atoms. The first-order valence-corrected chi connectivity index (χ1v) is 6.81. The first-order chi connectivity index (χ1) is 9.16. The number of aliphatic hydroxyl groups excluding tert-OH is 1. The van der Waals surface area contributed by atoms with E-state index in [9.17, 15) is 28.4 Å². The van der Waals surface area contributed by atoms with Crippen molar-refractivity contribution in [1.82, 2.24) is 0 Å². The molecule has 0 fully saturated rings. The molecule has 0 radical (unpaired) electrons. The summed E-state index contributed by atoms with van der Waals surface area (Å²) in [5.41, 5.74) is -2.11. The number of hydrogen-bond donors (Lipinski definition) is 2. The van der Waals surface area contributed by atoms with E-state index >= 15 is 0 Å². The maximum atomic E-state index is 12.9. The van der Waals surface area contributed by atoms with Crippen LogP contribution in [0, 0.1) is 13.7 Å². The number of alkyl halides is 4. The second kappa shape index (κ2) is 6.76. The maximum absolute atomic E-state index is 12.9. The van der Waals surface area contributed by atoms with Crippen molar-refractivity contribution in [3.05, 3.63) is 31.4 Å². The van der Waals surface area contributed by atoms with Gasteiger partial charge in [0.1, 0.15) is 0 Å². The molecule has 0 amide bonds. The van der Waals surface area contributed by atoms with E-state index in [4.69, 9.17) is 11.6 Å². The Morgan fingerprint density at radius 2 is 2.10 bits per heavy atom. The summed E-state index contributed by atoms with van der Waals surface area (Å²) in [6.45, 7) is -0.194. The summed E-state index contributed by atoms with van der Waals surface area (Å²) < 4.78 is 38.8. The zero-order valence-corrected chi connectivity index (χ0v) is 12.7. The van der Waals surface area contributed by atoms with Gasteiger partial charge in [-0.1, -0.05) is 0 Å². The summed E-state index contributed by atoms with van der Waals surface area (Å²) in [6, 6.07) is 1.47. The fourth-order valence-electron chi connectivity index (χ4n) is 1.38. The van der Waals surface area contributed by atoms with Crippen molar-refractivity contribution in [2.75, 3.05) is 17.7 Å². The molecular weight excluding hydrogens is 415 g/mol. The van der Waals surface area contributed by atoms with Crippen molar-refractivity contribution in [3.63, 3.8) is 0 Å². The van der Waals surface area contributed by atoms with Crippen LogP contribution in [-0.2, 0) is 6.18 Å². The molecule has 1 aromatic rings. The molecule has 0 aliphatic rings. The van der Waals surface area contributed by atoms with Crippen molar-refractivity contribution >= 4 is 45.6 Å². The van der Waals surface area contributed by atoms with E-state index in [0.717, 1.165) is 6.07 Å². The molecule has 5 nitrogen and oxygen atoms in total. The van der Waals surface area contributed by atoms with Crippen LogP contribution in [0.5, 0.6) is 0 Å². The van der Waals surface area contributed by atoms with E-state index in [0.29, 0.717) is 6.07 Å². The van der Waals surface area contributed by atoms with E-state index < -0.39 is 28.5 Å². The minimum atomic E-state index is -4.75. The molecule has 0 saturated heterocycles. The fourth-order valence-corrected chi connectivity index (χ4v) is 2.28. The number of aliphatic hydroxyl groups is 1. The third-order valence-electron chi connectivity index (χ3n) is 2.28. The average molecular weight is 425 g/mol. The molecule has 0 spiro atoms. The SMILES string of the molecule is O=[N+]([O-])c1cc(I)c(NCC(O)CCl)c(C(F)(F)F)c1. The second-order valence-corrected chi connectivity index (χ2v) is 5.26. The highest BCUT2D eigenvalue weighted by atomic mass is 127. The Morgan fingerprint density at radius 1 is 1.50 bits per heavy atom. The van der Waals surface area contributed by atoms with E-state index in [1.807, 2.05) is 0 Å². The van der Waals surface area contributed by atoms with Crippen molar-refractivity contribution in [2.45, 2.75) is 12.3 Å². The van der Waals surface area contributed by atoms with Gasteiger partial charge in [-0.3, -0.25) is 10.1 Å². The standard InChI is InChI=1S/C10H9ClF3IN2O3/c11-3-6(18)4-16-9-7(10(12,13)14)1-5(17(19)20)2-8(9)15/h1-2,6,16,18H,3-4H2. The van der Waals surface area contributed by atoms with Crippen LogP contribution in [-0.4, -0.2) is 28.6 Å². The topological polar surface area (TPSA) is 75.4 Å². The highest BCUT2D eigenvalue weighted by Gasteiger charge is 2.36. The lowest BCUT2D eigenvalue weighted by Crippen LogP contribution is -2.23. The van der Waals surface area contributed by atoms with Crippen molar-refractivity contribution in [3.8, 4) is 0 Å². The summed E-state index contributed by atoms with van der Waals surface area (Å²) >= 11 is 6.91. The van der Waals surface area contributed by atoms with Crippen molar-refractivity contribution in [1.29, 1.82) is 0 Å². The number of hydrogen-bond acceptors (Lipinski definition) is 4. The van der Waals surface area contributed by atoms with Crippen LogP contribution in [0.15, 0.2) is 12.1 Å². The predicted octanol–water partition coefficient (Wildman–Crippen LogP) is 3.23. The first kappa shape index (κ1) is 17.2. The van der Waals surface area contributed by atoms with Crippen molar-refractivity contribution in [2.24, 2.45) is 0 Å². The monoisotopic (exact) mass is 424 g/mol. The van der Waals surface area contributed by atoms with Gasteiger partial charge in [-0.15, -0.1) is 11.6 Å². The highest BCUT2D eigenvalue weighted by Crippen LogP contribution is 2.39. The van der Waals surface area contributed by atoms with E-state index in [2.05, 4.69) is 5.32 Å². The molecule has 1 unspecified atom stereocenters. The average Bonchev–Trinajstić information content (AvgIpc) is 2.34. The number of nitrogens with zero attached hydrogens (tertiary/aromatic N) is 1. The van der Waals surface area contributed by atoms with Crippen LogP contribution in [0.4, 0.5) is 24.5 Å². The van der Waals surface area contributed by atoms with Gasteiger partial charge in [-0.2, -0.15) is 13.2 Å². The Morgan fingerprint density at radius 3 is 2.55 bits per heavy atom. The van der Waals surface area contributed by atoms with Gasteiger partial charge in [0.25, 0.3) is 5.69 Å². The molecular formula is C10H9ClF3IN2O3. The number of nitro groups is 1. The largest absolute Gasteiger partial charge is 0.418 e. The number of benzene rings is 1. The molecule has 0 aliphatic heterocycles. The Balaban J connectivity index is 3.24. The number of rotatable bonds is 5. The van der Waals surface area contributed by atoms with Gasteiger partial charge >= 0.3 is 6.18 Å². The third kappa shape index (κ3) is 4.35. The molecule has 0 saturated carbocycles. The zero-order valence-electron chi connectivity index (χ0n) is 9.75. The van der Waals surface area contributed by atoms with Gasteiger partial charge in [0.2, 0.25) is 0 Å². The van der Waals surface area contributed by atoms with Gasteiger partial charge in [0.15, 0.2) is 0 Å². The lowest BCUT2D eigenvalue weighted by molar-refractivity contribution is -0.385. The van der Waals surface area contributed by atoms with Crippen LogP contribution >= 0.6 is 34.2 Å². The molecule has 1 atom stereocenters. The predicted molar refractivity (Wildman–Crippen MR) is 76.0 cm³/mol. The van der Waals surface area contributed by atoms with Crippen LogP contribution < -0.4 is 5.32 Å². The highest BCUT2D eigenvalue weighted by molar-refractivity contribution is 14.1. The molecule has 0 aliphatic carbocycles. The first-order valence-electron chi connectivity index (χ1n) is 5.19. The van der Waals surface area contributed by atoms with Crippen LogP contribution in [0.25, 0.3) is 0 Å². The van der Waals surface area contributed by atoms with Gasteiger partial charge in [0, 0.05) is 22.2 Å². The zero-order chi connectivity index (χ0) is 15.5. The summed E-state index contributed by atoms with van der Waals surface area (Å²) in [5.74, 6) is -0.141.